The Hall–Kier alpha value is -1.47. The first-order valence-corrected chi connectivity index (χ1v) is 5.79. The molecule has 0 aliphatic rings. The average Bonchev–Trinajstić information content (AvgIpc) is 2.70. The topological polar surface area (TPSA) is 72.3 Å². The van der Waals surface area contributed by atoms with E-state index in [-0.39, 0.29) is 10.9 Å². The van der Waals surface area contributed by atoms with Crippen molar-refractivity contribution >= 4 is 33.2 Å². The van der Waals surface area contributed by atoms with E-state index in [1.165, 1.54) is 6.07 Å². The number of halogens is 1. The van der Waals surface area contributed by atoms with Gasteiger partial charge < -0.3 is 9.84 Å². The zero-order valence-electron chi connectivity index (χ0n) is 7.75. The summed E-state index contributed by atoms with van der Waals surface area (Å²) < 4.78 is 6.01. The Morgan fingerprint density at radius 3 is 2.69 bits per heavy atom. The van der Waals surface area contributed by atoms with E-state index >= 15 is 0 Å². The number of aromatic nitrogens is 2. The van der Waals surface area contributed by atoms with Gasteiger partial charge in [-0.05, 0) is 15.9 Å². The van der Waals surface area contributed by atoms with Crippen molar-refractivity contribution < 1.29 is 14.6 Å². The Labute approximate surface area is 103 Å². The Morgan fingerprint density at radius 2 is 2.12 bits per heavy atom. The predicted octanol–water partition coefficient (Wildman–Crippen LogP) is 2.79. The van der Waals surface area contributed by atoms with E-state index in [2.05, 4.69) is 25.9 Å². The first-order chi connectivity index (χ1) is 7.65. The summed E-state index contributed by atoms with van der Waals surface area (Å²) in [6.07, 6.45) is 3.10. The quantitative estimate of drug-likeness (QED) is 0.943. The molecule has 0 amide bonds. The minimum atomic E-state index is -0.975. The van der Waals surface area contributed by atoms with Crippen molar-refractivity contribution in [2.45, 2.75) is 0 Å². The van der Waals surface area contributed by atoms with E-state index in [0.29, 0.717) is 5.75 Å². The van der Waals surface area contributed by atoms with Crippen LogP contribution in [0.4, 0.5) is 0 Å². The molecule has 0 bridgehead atoms. The van der Waals surface area contributed by atoms with E-state index in [0.717, 1.165) is 15.8 Å². The van der Waals surface area contributed by atoms with Crippen molar-refractivity contribution in [3.05, 3.63) is 33.2 Å². The highest BCUT2D eigenvalue weighted by molar-refractivity contribution is 9.10. The summed E-state index contributed by atoms with van der Waals surface area (Å²) >= 11 is 4.29. The van der Waals surface area contributed by atoms with Crippen LogP contribution in [-0.2, 0) is 0 Å². The summed E-state index contributed by atoms with van der Waals surface area (Å²) in [5.41, 5.74) is 0. The number of hydrogen-bond acceptors (Lipinski definition) is 5. The molecule has 2 aromatic heterocycles. The van der Waals surface area contributed by atoms with Crippen LogP contribution in [0, 0.1) is 0 Å². The molecule has 0 aromatic carbocycles. The Kier molecular flexibility index (Phi) is 3.16. The highest BCUT2D eigenvalue weighted by Crippen LogP contribution is 2.25. The van der Waals surface area contributed by atoms with Crippen LogP contribution in [0.25, 0.3) is 0 Å². The number of rotatable bonds is 3. The Balaban J connectivity index is 2.14. The van der Waals surface area contributed by atoms with Crippen LogP contribution in [0.3, 0.4) is 0 Å². The van der Waals surface area contributed by atoms with Crippen LogP contribution in [0.5, 0.6) is 11.8 Å². The smallest absolute Gasteiger partial charge is 0.346 e. The van der Waals surface area contributed by atoms with Crippen LogP contribution >= 0.6 is 27.3 Å². The maximum atomic E-state index is 10.6. The highest BCUT2D eigenvalue weighted by atomic mass is 79.9. The fraction of sp³-hybridized carbons (Fsp3) is 0. The van der Waals surface area contributed by atoms with Gasteiger partial charge in [-0.1, -0.05) is 0 Å². The average molecular weight is 301 g/mol. The summed E-state index contributed by atoms with van der Waals surface area (Å²) in [6.45, 7) is 0. The maximum absolute atomic E-state index is 10.6. The monoisotopic (exact) mass is 300 g/mol. The summed E-state index contributed by atoms with van der Waals surface area (Å²) in [7, 11) is 0. The summed E-state index contributed by atoms with van der Waals surface area (Å²) in [5.74, 6) is -0.554. The number of carboxylic acid groups (broad SMARTS) is 1. The lowest BCUT2D eigenvalue weighted by atomic mass is 10.4. The molecule has 2 heterocycles. The van der Waals surface area contributed by atoms with Gasteiger partial charge in [0.05, 0.1) is 4.47 Å². The number of thiophene rings is 1. The van der Waals surface area contributed by atoms with E-state index in [1.54, 1.807) is 17.8 Å². The van der Waals surface area contributed by atoms with E-state index in [1.807, 2.05) is 0 Å². The second-order valence-electron chi connectivity index (χ2n) is 2.74. The summed E-state index contributed by atoms with van der Waals surface area (Å²) in [4.78, 5) is 18.7. The molecule has 82 valence electrons. The Morgan fingerprint density at radius 1 is 1.44 bits per heavy atom. The molecule has 2 rings (SSSR count). The molecule has 0 saturated heterocycles. The Bertz CT molecular complexity index is 512. The van der Waals surface area contributed by atoms with Gasteiger partial charge in [0.25, 0.3) is 0 Å². The van der Waals surface area contributed by atoms with Crippen LogP contribution in [0.15, 0.2) is 28.3 Å². The van der Waals surface area contributed by atoms with E-state index in [9.17, 15) is 4.79 Å². The zero-order chi connectivity index (χ0) is 11.5. The van der Waals surface area contributed by atoms with Gasteiger partial charge in [-0.2, -0.15) is 0 Å². The van der Waals surface area contributed by atoms with E-state index in [4.69, 9.17) is 9.84 Å². The van der Waals surface area contributed by atoms with Gasteiger partial charge in [0.2, 0.25) is 0 Å². The van der Waals surface area contributed by atoms with Gasteiger partial charge in [0.15, 0.2) is 0 Å². The van der Waals surface area contributed by atoms with Crippen molar-refractivity contribution in [2.24, 2.45) is 0 Å². The number of ether oxygens (including phenoxy) is 1. The third kappa shape index (κ3) is 2.56. The van der Waals surface area contributed by atoms with Gasteiger partial charge in [-0.15, -0.1) is 11.3 Å². The van der Waals surface area contributed by atoms with Crippen molar-refractivity contribution in [3.63, 3.8) is 0 Å². The first-order valence-electron chi connectivity index (χ1n) is 4.12. The molecule has 0 spiro atoms. The molecular weight excluding hydrogens is 296 g/mol. The van der Waals surface area contributed by atoms with Gasteiger partial charge >= 0.3 is 12.0 Å². The number of carbonyl (C=O) groups is 1. The largest absolute Gasteiger partial charge is 0.477 e. The molecule has 16 heavy (non-hydrogen) atoms. The molecule has 0 saturated carbocycles. The molecular formula is C9H5BrN2O3S. The van der Waals surface area contributed by atoms with Crippen molar-refractivity contribution in [3.8, 4) is 11.8 Å². The van der Waals surface area contributed by atoms with Gasteiger partial charge in [0, 0.05) is 23.8 Å². The van der Waals surface area contributed by atoms with Crippen molar-refractivity contribution in [1.82, 2.24) is 9.97 Å². The molecule has 5 nitrogen and oxygen atoms in total. The summed E-state index contributed by atoms with van der Waals surface area (Å²) in [5, 5.41) is 10.3. The van der Waals surface area contributed by atoms with Crippen LogP contribution in [0.1, 0.15) is 9.67 Å². The van der Waals surface area contributed by atoms with Crippen LogP contribution in [0.2, 0.25) is 0 Å². The normalized spacial score (nSPS) is 10.1. The number of hydrogen-bond donors (Lipinski definition) is 1. The lowest BCUT2D eigenvalue weighted by molar-refractivity contribution is 0.0702. The second kappa shape index (κ2) is 4.58. The van der Waals surface area contributed by atoms with Crippen molar-refractivity contribution in [2.75, 3.05) is 0 Å². The molecule has 0 radical (unpaired) electrons. The van der Waals surface area contributed by atoms with Crippen LogP contribution < -0.4 is 4.74 Å². The number of aromatic carboxylic acids is 1. The van der Waals surface area contributed by atoms with Gasteiger partial charge in [-0.3, -0.25) is 0 Å². The molecule has 7 heteroatoms. The lowest BCUT2D eigenvalue weighted by Gasteiger charge is -1.99. The molecule has 0 aliphatic heterocycles. The number of carboxylic acids is 1. The molecule has 0 unspecified atom stereocenters. The van der Waals surface area contributed by atoms with Gasteiger partial charge in [0.1, 0.15) is 10.6 Å². The molecule has 2 aromatic rings. The zero-order valence-corrected chi connectivity index (χ0v) is 10.2. The first kappa shape index (κ1) is 11.0. The van der Waals surface area contributed by atoms with Crippen molar-refractivity contribution in [1.29, 1.82) is 0 Å². The second-order valence-corrected chi connectivity index (χ2v) is 4.56. The lowest BCUT2D eigenvalue weighted by Crippen LogP contribution is -1.91. The molecule has 0 fully saturated rings. The number of nitrogens with zero attached hydrogens (tertiary/aromatic N) is 2. The third-order valence-electron chi connectivity index (χ3n) is 1.59. The SMILES string of the molecule is O=C(O)c1cc(Oc2ncc(Br)cn2)cs1. The van der Waals surface area contributed by atoms with E-state index < -0.39 is 5.97 Å². The molecule has 0 atom stereocenters. The fourth-order valence-electron chi connectivity index (χ4n) is 0.943. The summed E-state index contributed by atoms with van der Waals surface area (Å²) in [6, 6.07) is 1.61. The van der Waals surface area contributed by atoms with Gasteiger partial charge in [-0.25, -0.2) is 14.8 Å². The highest BCUT2D eigenvalue weighted by Gasteiger charge is 2.08. The minimum Gasteiger partial charge on any atom is -0.477 e. The maximum Gasteiger partial charge on any atom is 0.346 e. The predicted molar refractivity (Wildman–Crippen MR) is 61.1 cm³/mol. The third-order valence-corrected chi connectivity index (χ3v) is 2.90. The minimum absolute atomic E-state index is 0.179. The fourth-order valence-corrected chi connectivity index (χ4v) is 1.79. The van der Waals surface area contributed by atoms with Crippen LogP contribution in [-0.4, -0.2) is 21.0 Å². The molecule has 0 aliphatic carbocycles. The molecule has 1 N–H and O–H groups in total. The standard InChI is InChI=1S/C9H5BrN2O3S/c10-5-2-11-9(12-3-5)15-6-1-7(8(13)14)16-4-6/h1-4H,(H,13,14).